The topological polar surface area (TPSA) is 94.9 Å². The molecule has 6 heteroatoms. The van der Waals surface area contributed by atoms with E-state index in [1.165, 1.54) is 4.90 Å². The van der Waals surface area contributed by atoms with Crippen molar-refractivity contribution in [3.05, 3.63) is 0 Å². The van der Waals surface area contributed by atoms with Crippen LogP contribution in [0.2, 0.25) is 0 Å². The van der Waals surface area contributed by atoms with Gasteiger partial charge in [-0.15, -0.1) is 0 Å². The van der Waals surface area contributed by atoms with Crippen molar-refractivity contribution in [2.75, 3.05) is 33.2 Å². The van der Waals surface area contributed by atoms with Gasteiger partial charge in [0.15, 0.2) is 0 Å². The summed E-state index contributed by atoms with van der Waals surface area (Å²) in [5.74, 6) is -0.0823. The first-order valence-corrected chi connectivity index (χ1v) is 5.22. The van der Waals surface area contributed by atoms with E-state index in [0.29, 0.717) is 19.5 Å². The molecule has 0 aromatic carbocycles. The second-order valence-corrected chi connectivity index (χ2v) is 3.50. The quantitative estimate of drug-likeness (QED) is 0.581. The minimum absolute atomic E-state index is 0.0823. The smallest absolute Gasteiger partial charge is 0.223 e. The van der Waals surface area contributed by atoms with Gasteiger partial charge in [-0.25, -0.2) is 0 Å². The highest BCUT2D eigenvalue weighted by Crippen LogP contribution is 1.96. The first kappa shape index (κ1) is 14.9. The molecule has 17 heavy (non-hydrogen) atoms. The minimum atomic E-state index is -0.0823. The van der Waals surface area contributed by atoms with Gasteiger partial charge >= 0.3 is 0 Å². The van der Waals surface area contributed by atoms with E-state index in [0.717, 1.165) is 0 Å². The lowest BCUT2D eigenvalue weighted by Gasteiger charge is -2.18. The summed E-state index contributed by atoms with van der Waals surface area (Å²) < 4.78 is 0. The van der Waals surface area contributed by atoms with Crippen LogP contribution >= 0.6 is 0 Å². The highest BCUT2D eigenvalue weighted by Gasteiger charge is 2.11. The number of nitrogens with zero attached hydrogens (tertiary/aromatic N) is 5. The molecule has 0 atom stereocenters. The molecule has 0 rings (SSSR count). The standard InChI is InChI=1S/C11H15N5O/c1-15(7-2-4-12)11(17)3-8-16(9-5-13)10-6-14/h2-3,7-10H2,1H3. The molecule has 0 fully saturated rings. The van der Waals surface area contributed by atoms with E-state index in [4.69, 9.17) is 15.8 Å². The normalized spacial score (nSPS) is 9.12. The van der Waals surface area contributed by atoms with Gasteiger partial charge in [0.25, 0.3) is 0 Å². The third kappa shape index (κ3) is 6.89. The lowest BCUT2D eigenvalue weighted by molar-refractivity contribution is -0.130. The molecular weight excluding hydrogens is 218 g/mol. The second-order valence-electron chi connectivity index (χ2n) is 3.50. The van der Waals surface area contributed by atoms with Crippen LogP contribution in [0.3, 0.4) is 0 Å². The van der Waals surface area contributed by atoms with Crippen LogP contribution in [-0.4, -0.2) is 48.9 Å². The van der Waals surface area contributed by atoms with E-state index in [-0.39, 0.29) is 25.4 Å². The molecule has 0 aromatic heterocycles. The lowest BCUT2D eigenvalue weighted by atomic mass is 10.3. The van der Waals surface area contributed by atoms with Gasteiger partial charge < -0.3 is 4.90 Å². The first-order chi connectivity index (χ1) is 8.15. The molecule has 0 heterocycles. The summed E-state index contributed by atoms with van der Waals surface area (Å²) in [5, 5.41) is 25.4. The van der Waals surface area contributed by atoms with Gasteiger partial charge in [-0.05, 0) is 0 Å². The summed E-state index contributed by atoms with van der Waals surface area (Å²) >= 11 is 0. The molecule has 0 N–H and O–H groups in total. The zero-order valence-corrected chi connectivity index (χ0v) is 9.89. The number of carbonyl (C=O) groups excluding carboxylic acids is 1. The Balaban J connectivity index is 4.00. The van der Waals surface area contributed by atoms with Gasteiger partial charge in [-0.1, -0.05) is 0 Å². The highest BCUT2D eigenvalue weighted by atomic mass is 16.2. The zero-order valence-electron chi connectivity index (χ0n) is 9.89. The van der Waals surface area contributed by atoms with Crippen molar-refractivity contribution in [1.82, 2.24) is 9.80 Å². The summed E-state index contributed by atoms with van der Waals surface area (Å²) in [7, 11) is 1.64. The molecule has 0 aliphatic heterocycles. The van der Waals surface area contributed by atoms with Crippen LogP contribution in [0.5, 0.6) is 0 Å². The number of rotatable bonds is 7. The molecule has 0 saturated carbocycles. The maximum absolute atomic E-state index is 11.6. The van der Waals surface area contributed by atoms with Gasteiger partial charge in [0.05, 0.1) is 37.7 Å². The molecule has 0 bridgehead atoms. The molecule has 0 aromatic rings. The van der Waals surface area contributed by atoms with Crippen molar-refractivity contribution < 1.29 is 4.79 Å². The Kier molecular flexibility index (Phi) is 8.02. The molecule has 0 unspecified atom stereocenters. The Bertz CT molecular complexity index is 344. The van der Waals surface area contributed by atoms with E-state index >= 15 is 0 Å². The van der Waals surface area contributed by atoms with Crippen LogP contribution in [0, 0.1) is 34.0 Å². The Hall–Kier alpha value is -2.10. The highest BCUT2D eigenvalue weighted by molar-refractivity contribution is 5.76. The van der Waals surface area contributed by atoms with Crippen molar-refractivity contribution in [2.24, 2.45) is 0 Å². The predicted molar refractivity (Wildman–Crippen MR) is 60.2 cm³/mol. The van der Waals surface area contributed by atoms with E-state index in [1.54, 1.807) is 11.9 Å². The number of hydrogen-bond acceptors (Lipinski definition) is 5. The maximum atomic E-state index is 11.6. The lowest BCUT2D eigenvalue weighted by Crippen LogP contribution is -2.33. The fraction of sp³-hybridized carbons (Fsp3) is 0.636. The molecule has 90 valence electrons. The van der Waals surface area contributed by atoms with Crippen LogP contribution in [0.15, 0.2) is 0 Å². The van der Waals surface area contributed by atoms with Crippen molar-refractivity contribution in [2.45, 2.75) is 12.8 Å². The van der Waals surface area contributed by atoms with Crippen molar-refractivity contribution in [3.8, 4) is 18.2 Å². The monoisotopic (exact) mass is 233 g/mol. The van der Waals surface area contributed by atoms with Gasteiger partial charge in [0, 0.05) is 26.6 Å². The molecule has 0 spiro atoms. The SMILES string of the molecule is CN(CCC#N)C(=O)CCN(CC#N)CC#N. The van der Waals surface area contributed by atoms with Crippen LogP contribution in [0.25, 0.3) is 0 Å². The largest absolute Gasteiger partial charge is 0.345 e. The number of carbonyl (C=O) groups is 1. The van der Waals surface area contributed by atoms with E-state index in [1.807, 2.05) is 18.2 Å². The number of amides is 1. The van der Waals surface area contributed by atoms with Gasteiger partial charge in [-0.2, -0.15) is 15.8 Å². The van der Waals surface area contributed by atoms with Crippen LogP contribution in [-0.2, 0) is 4.79 Å². The fourth-order valence-corrected chi connectivity index (χ4v) is 1.20. The molecular formula is C11H15N5O. The fourth-order valence-electron chi connectivity index (χ4n) is 1.20. The van der Waals surface area contributed by atoms with Gasteiger partial charge in [0.2, 0.25) is 5.91 Å². The third-order valence-electron chi connectivity index (χ3n) is 2.22. The molecule has 0 aliphatic rings. The molecule has 6 nitrogen and oxygen atoms in total. The zero-order chi connectivity index (χ0) is 13.1. The van der Waals surface area contributed by atoms with E-state index in [2.05, 4.69) is 0 Å². The molecule has 0 saturated heterocycles. The van der Waals surface area contributed by atoms with Crippen LogP contribution in [0.1, 0.15) is 12.8 Å². The first-order valence-electron chi connectivity index (χ1n) is 5.22. The van der Waals surface area contributed by atoms with E-state index in [9.17, 15) is 4.79 Å². The third-order valence-corrected chi connectivity index (χ3v) is 2.22. The number of nitriles is 3. The van der Waals surface area contributed by atoms with Crippen molar-refractivity contribution in [1.29, 1.82) is 15.8 Å². The number of hydrogen-bond donors (Lipinski definition) is 0. The van der Waals surface area contributed by atoms with Gasteiger partial charge in [-0.3, -0.25) is 9.69 Å². The predicted octanol–water partition coefficient (Wildman–Crippen LogP) is 0.0977. The van der Waals surface area contributed by atoms with Gasteiger partial charge in [0.1, 0.15) is 0 Å². The van der Waals surface area contributed by atoms with Crippen molar-refractivity contribution in [3.63, 3.8) is 0 Å². The summed E-state index contributed by atoms with van der Waals surface area (Å²) in [6.07, 6.45) is 0.563. The van der Waals surface area contributed by atoms with E-state index < -0.39 is 0 Å². The Labute approximate surface area is 101 Å². The Morgan fingerprint density at radius 2 is 1.65 bits per heavy atom. The Morgan fingerprint density at radius 3 is 2.12 bits per heavy atom. The molecule has 0 aliphatic carbocycles. The summed E-state index contributed by atoms with van der Waals surface area (Å²) in [6.45, 7) is 1.08. The second kappa shape index (κ2) is 9.15. The van der Waals surface area contributed by atoms with Crippen molar-refractivity contribution >= 4 is 5.91 Å². The maximum Gasteiger partial charge on any atom is 0.223 e. The average molecular weight is 233 g/mol. The van der Waals surface area contributed by atoms with Crippen LogP contribution in [0.4, 0.5) is 0 Å². The Morgan fingerprint density at radius 1 is 1.06 bits per heavy atom. The average Bonchev–Trinajstić information content (AvgIpc) is 2.33. The summed E-state index contributed by atoms with van der Waals surface area (Å²) in [4.78, 5) is 14.7. The molecule has 0 radical (unpaired) electrons. The summed E-state index contributed by atoms with van der Waals surface area (Å²) in [6, 6.07) is 5.86. The minimum Gasteiger partial charge on any atom is -0.345 e. The van der Waals surface area contributed by atoms with Crippen LogP contribution < -0.4 is 0 Å². The molecule has 1 amide bonds. The summed E-state index contributed by atoms with van der Waals surface area (Å²) in [5.41, 5.74) is 0.